The number of rotatable bonds is 6. The van der Waals surface area contributed by atoms with E-state index in [1.54, 1.807) is 14.2 Å². The number of urea groups is 1. The van der Waals surface area contributed by atoms with Crippen LogP contribution in [0.4, 0.5) is 4.79 Å². The molecule has 6 heteroatoms. The van der Waals surface area contributed by atoms with Crippen molar-refractivity contribution in [2.45, 2.75) is 52.2 Å². The number of methoxy groups -OCH3 is 2. The Hall–Kier alpha value is -2.73. The minimum Gasteiger partial charge on any atom is -0.493 e. The zero-order chi connectivity index (χ0) is 22.6. The summed E-state index contributed by atoms with van der Waals surface area (Å²) in [5, 5.41) is 6.10. The maximum absolute atomic E-state index is 12.5. The first-order chi connectivity index (χ1) is 14.7. The van der Waals surface area contributed by atoms with Crippen molar-refractivity contribution in [3.8, 4) is 11.5 Å². The third kappa shape index (κ3) is 5.70. The summed E-state index contributed by atoms with van der Waals surface area (Å²) in [5.41, 5.74) is 4.83. The Morgan fingerprint density at radius 1 is 1.13 bits per heavy atom. The molecule has 31 heavy (non-hydrogen) atoms. The number of fused-ring (bicyclic) bond motifs is 1. The Kier molecular flexibility index (Phi) is 7.11. The van der Waals surface area contributed by atoms with Crippen molar-refractivity contribution in [2.24, 2.45) is 0 Å². The minimum absolute atomic E-state index is 0.119. The molecular formula is C25H36N3O3+. The van der Waals surface area contributed by atoms with Crippen LogP contribution in [0.1, 0.15) is 49.1 Å². The average Bonchev–Trinajstić information content (AvgIpc) is 2.72. The number of quaternary nitrogens is 1. The van der Waals surface area contributed by atoms with Crippen molar-refractivity contribution >= 4 is 6.03 Å². The fourth-order valence-electron chi connectivity index (χ4n) is 4.27. The Balaban J connectivity index is 1.90. The number of nitrogens with one attached hydrogen (secondary N) is 3. The number of aryl methyl sites for hydroxylation is 1. The number of hydrogen-bond donors (Lipinski definition) is 3. The first-order valence-electron chi connectivity index (χ1n) is 10.9. The van der Waals surface area contributed by atoms with Gasteiger partial charge in [0.15, 0.2) is 11.5 Å². The van der Waals surface area contributed by atoms with Gasteiger partial charge in [0, 0.05) is 23.1 Å². The molecule has 1 aliphatic heterocycles. The van der Waals surface area contributed by atoms with Crippen LogP contribution in [0.3, 0.4) is 0 Å². The maximum atomic E-state index is 12.5. The van der Waals surface area contributed by atoms with E-state index in [2.05, 4.69) is 54.0 Å². The van der Waals surface area contributed by atoms with Gasteiger partial charge in [0.05, 0.1) is 27.3 Å². The van der Waals surface area contributed by atoms with E-state index in [-0.39, 0.29) is 17.6 Å². The van der Waals surface area contributed by atoms with Gasteiger partial charge in [0.25, 0.3) is 0 Å². The van der Waals surface area contributed by atoms with Gasteiger partial charge in [0.1, 0.15) is 12.6 Å². The van der Waals surface area contributed by atoms with E-state index in [0.717, 1.165) is 31.0 Å². The van der Waals surface area contributed by atoms with E-state index in [9.17, 15) is 4.79 Å². The lowest BCUT2D eigenvalue weighted by molar-refractivity contribution is -0.945. The molecule has 0 radical (unpaired) electrons. The predicted octanol–water partition coefficient (Wildman–Crippen LogP) is 2.79. The normalized spacial score (nSPS) is 18.1. The van der Waals surface area contributed by atoms with Gasteiger partial charge < -0.3 is 25.0 Å². The lowest BCUT2D eigenvalue weighted by Gasteiger charge is -2.35. The van der Waals surface area contributed by atoms with Crippen molar-refractivity contribution in [3.63, 3.8) is 0 Å². The van der Waals surface area contributed by atoms with E-state index in [1.165, 1.54) is 27.2 Å². The quantitative estimate of drug-likeness (QED) is 0.666. The van der Waals surface area contributed by atoms with E-state index < -0.39 is 0 Å². The summed E-state index contributed by atoms with van der Waals surface area (Å²) in [6.07, 6.45) is 0.960. The van der Waals surface area contributed by atoms with Crippen LogP contribution in [0.5, 0.6) is 11.5 Å². The van der Waals surface area contributed by atoms with Crippen molar-refractivity contribution in [1.82, 2.24) is 10.6 Å². The van der Waals surface area contributed by atoms with E-state index >= 15 is 0 Å². The molecule has 1 unspecified atom stereocenters. The summed E-state index contributed by atoms with van der Waals surface area (Å²) in [7, 11) is 3.33. The highest BCUT2D eigenvalue weighted by atomic mass is 16.5. The second-order valence-electron chi connectivity index (χ2n) is 9.31. The number of hydrogen-bond acceptors (Lipinski definition) is 3. The van der Waals surface area contributed by atoms with Crippen LogP contribution in [-0.2, 0) is 13.0 Å². The van der Waals surface area contributed by atoms with Crippen LogP contribution in [0, 0.1) is 6.92 Å². The first-order valence-corrected chi connectivity index (χ1v) is 10.9. The second kappa shape index (κ2) is 9.60. The maximum Gasteiger partial charge on any atom is 0.315 e. The Labute approximate surface area is 185 Å². The molecule has 2 aromatic rings. The van der Waals surface area contributed by atoms with Crippen molar-refractivity contribution < 1.29 is 19.2 Å². The molecule has 1 heterocycles. The van der Waals surface area contributed by atoms with Crippen LogP contribution in [-0.4, -0.2) is 38.9 Å². The van der Waals surface area contributed by atoms with Crippen LogP contribution < -0.4 is 25.0 Å². The molecule has 0 aromatic heterocycles. The zero-order valence-corrected chi connectivity index (χ0v) is 19.6. The van der Waals surface area contributed by atoms with E-state index in [4.69, 9.17) is 9.47 Å². The van der Waals surface area contributed by atoms with Gasteiger partial charge in [-0.2, -0.15) is 0 Å². The third-order valence-electron chi connectivity index (χ3n) is 5.86. The van der Waals surface area contributed by atoms with Crippen molar-refractivity contribution in [1.29, 1.82) is 0 Å². The Morgan fingerprint density at radius 2 is 1.81 bits per heavy atom. The number of carbonyl (C=O) groups is 1. The van der Waals surface area contributed by atoms with Gasteiger partial charge in [-0.3, -0.25) is 0 Å². The molecule has 0 aliphatic carbocycles. The summed E-state index contributed by atoms with van der Waals surface area (Å²) in [5.74, 6) is 1.48. The molecule has 0 saturated heterocycles. The lowest BCUT2D eigenvalue weighted by atomic mass is 9.91. The van der Waals surface area contributed by atoms with Crippen molar-refractivity contribution in [3.05, 3.63) is 58.7 Å². The number of benzene rings is 2. The van der Waals surface area contributed by atoms with Gasteiger partial charge in [0.2, 0.25) is 0 Å². The minimum atomic E-state index is -0.279. The lowest BCUT2D eigenvalue weighted by Crippen LogP contribution is -3.12. The molecule has 2 aromatic carbocycles. The molecule has 2 amide bonds. The van der Waals surface area contributed by atoms with Crippen LogP contribution in [0.2, 0.25) is 0 Å². The fraction of sp³-hybridized carbons (Fsp3) is 0.480. The van der Waals surface area contributed by atoms with Gasteiger partial charge in [-0.15, -0.1) is 0 Å². The fourth-order valence-corrected chi connectivity index (χ4v) is 4.27. The van der Waals surface area contributed by atoms with Crippen molar-refractivity contribution in [2.75, 3.05) is 27.3 Å². The van der Waals surface area contributed by atoms with Gasteiger partial charge in [-0.05, 0) is 51.0 Å². The molecule has 1 aliphatic rings. The molecule has 0 saturated carbocycles. The molecule has 0 spiro atoms. The smallest absolute Gasteiger partial charge is 0.315 e. The van der Waals surface area contributed by atoms with Crippen LogP contribution >= 0.6 is 0 Å². The molecule has 0 fully saturated rings. The first kappa shape index (κ1) is 22.9. The highest BCUT2D eigenvalue weighted by Gasteiger charge is 2.33. The highest BCUT2D eigenvalue weighted by molar-refractivity contribution is 5.74. The average molecular weight is 427 g/mol. The molecule has 168 valence electrons. The summed E-state index contributed by atoms with van der Waals surface area (Å²) in [6.45, 7) is 10.5. The van der Waals surface area contributed by atoms with Gasteiger partial charge in [-0.25, -0.2) is 4.79 Å². The Morgan fingerprint density at radius 3 is 2.45 bits per heavy atom. The predicted molar refractivity (Wildman–Crippen MR) is 123 cm³/mol. The topological polar surface area (TPSA) is 64.0 Å². The largest absolute Gasteiger partial charge is 0.493 e. The molecule has 2 atom stereocenters. The summed E-state index contributed by atoms with van der Waals surface area (Å²) >= 11 is 0. The van der Waals surface area contributed by atoms with Crippen LogP contribution in [0.25, 0.3) is 0 Å². The second-order valence-corrected chi connectivity index (χ2v) is 9.31. The Bertz CT molecular complexity index is 921. The summed E-state index contributed by atoms with van der Waals surface area (Å²) in [4.78, 5) is 13.9. The zero-order valence-electron chi connectivity index (χ0n) is 19.6. The van der Waals surface area contributed by atoms with Crippen LogP contribution in [0.15, 0.2) is 36.4 Å². The number of amides is 2. The highest BCUT2D eigenvalue weighted by Crippen LogP contribution is 2.34. The monoisotopic (exact) mass is 426 g/mol. The molecular weight excluding hydrogens is 390 g/mol. The molecule has 3 N–H and O–H groups in total. The standard InChI is InChI=1S/C25H35N3O3/c1-17-9-7-8-10-19(17)16-28-12-11-18-13-22(30-5)23(31-6)14-20(18)21(28)15-26-24(29)27-25(2,3)4/h7-10,13-14,21H,11-12,15-16H2,1-6H3,(H2,26,27,29)/p+1/t21-/m0/s1. The van der Waals surface area contributed by atoms with E-state index in [0.29, 0.717) is 6.54 Å². The van der Waals surface area contributed by atoms with E-state index in [1.807, 2.05) is 20.8 Å². The van der Waals surface area contributed by atoms with Gasteiger partial charge in [-0.1, -0.05) is 24.3 Å². The summed E-state index contributed by atoms with van der Waals surface area (Å²) in [6, 6.07) is 12.7. The molecule has 0 bridgehead atoms. The summed E-state index contributed by atoms with van der Waals surface area (Å²) < 4.78 is 11.1. The number of ether oxygens (including phenoxy) is 2. The molecule has 3 rings (SSSR count). The molecule has 6 nitrogen and oxygen atoms in total. The third-order valence-corrected chi connectivity index (χ3v) is 5.86. The SMILES string of the molecule is COc1cc2c(cc1OC)[C@H](CNC(=O)NC(C)(C)C)[NH+](Cc1ccccc1C)CC2. The van der Waals surface area contributed by atoms with Gasteiger partial charge >= 0.3 is 6.03 Å². The number of carbonyl (C=O) groups excluding carboxylic acids is 1.